The summed E-state index contributed by atoms with van der Waals surface area (Å²) in [6, 6.07) is 13.4. The largest absolute Gasteiger partial charge is 0.503 e. The number of hydrogen-bond donors (Lipinski definition) is 1. The van der Waals surface area contributed by atoms with Gasteiger partial charge in [0.15, 0.2) is 10.9 Å². The number of hydrogen-bond acceptors (Lipinski definition) is 6. The Kier molecular flexibility index (Phi) is 4.78. The van der Waals surface area contributed by atoms with Crippen molar-refractivity contribution < 1.29 is 19.4 Å². The van der Waals surface area contributed by atoms with Crippen molar-refractivity contribution in [3.8, 4) is 0 Å². The summed E-state index contributed by atoms with van der Waals surface area (Å²) in [5.41, 5.74) is 1.25. The number of aliphatic hydroxyl groups excluding tert-OH is 1. The van der Waals surface area contributed by atoms with Crippen molar-refractivity contribution in [1.29, 1.82) is 0 Å². The molecule has 1 unspecified atom stereocenters. The number of esters is 1. The molecule has 28 heavy (non-hydrogen) atoms. The van der Waals surface area contributed by atoms with E-state index >= 15 is 0 Å². The van der Waals surface area contributed by atoms with Gasteiger partial charge in [-0.2, -0.15) is 0 Å². The van der Waals surface area contributed by atoms with Gasteiger partial charge in [0.25, 0.3) is 5.91 Å². The maximum absolute atomic E-state index is 12.9. The Hall–Kier alpha value is -2.90. The highest BCUT2D eigenvalue weighted by Crippen LogP contribution is 2.43. The summed E-state index contributed by atoms with van der Waals surface area (Å²) >= 11 is 7.31. The van der Waals surface area contributed by atoms with Gasteiger partial charge in [-0.1, -0.05) is 53.3 Å². The molecule has 1 N–H and O–H groups in total. The molecule has 142 valence electrons. The maximum atomic E-state index is 12.9. The number of carbonyl (C=O) groups is 2. The van der Waals surface area contributed by atoms with Gasteiger partial charge in [0.1, 0.15) is 11.6 Å². The average molecular weight is 415 g/mol. The highest BCUT2D eigenvalue weighted by molar-refractivity contribution is 7.22. The van der Waals surface area contributed by atoms with Crippen LogP contribution in [0.15, 0.2) is 59.9 Å². The van der Waals surface area contributed by atoms with Crippen LogP contribution in [0.3, 0.4) is 0 Å². The normalized spacial score (nSPS) is 16.9. The fourth-order valence-electron chi connectivity index (χ4n) is 3.16. The fourth-order valence-corrected chi connectivity index (χ4v) is 4.43. The van der Waals surface area contributed by atoms with E-state index in [1.54, 1.807) is 49.4 Å². The van der Waals surface area contributed by atoms with Crippen LogP contribution in [-0.4, -0.2) is 28.6 Å². The summed E-state index contributed by atoms with van der Waals surface area (Å²) in [4.78, 5) is 31.3. The third-order valence-corrected chi connectivity index (χ3v) is 5.62. The van der Waals surface area contributed by atoms with E-state index in [0.717, 1.165) is 4.70 Å². The third kappa shape index (κ3) is 3.02. The van der Waals surface area contributed by atoms with Crippen LogP contribution < -0.4 is 4.90 Å². The first-order valence-corrected chi connectivity index (χ1v) is 9.75. The van der Waals surface area contributed by atoms with Crippen LogP contribution in [0, 0.1) is 0 Å². The van der Waals surface area contributed by atoms with Gasteiger partial charge in [0.2, 0.25) is 0 Å². The van der Waals surface area contributed by atoms with E-state index in [-0.39, 0.29) is 12.2 Å². The molecule has 1 aromatic heterocycles. The van der Waals surface area contributed by atoms with Crippen LogP contribution >= 0.6 is 22.9 Å². The number of thiazole rings is 1. The van der Waals surface area contributed by atoms with E-state index in [4.69, 9.17) is 16.3 Å². The second-order valence-corrected chi connectivity index (χ2v) is 7.53. The number of fused-ring (bicyclic) bond motifs is 1. The van der Waals surface area contributed by atoms with Crippen molar-refractivity contribution in [1.82, 2.24) is 4.98 Å². The van der Waals surface area contributed by atoms with Crippen LogP contribution in [-0.2, 0) is 14.3 Å². The lowest BCUT2D eigenvalue weighted by Crippen LogP contribution is -2.31. The summed E-state index contributed by atoms with van der Waals surface area (Å²) < 4.78 is 5.88. The zero-order valence-electron chi connectivity index (χ0n) is 14.8. The molecule has 1 amide bonds. The molecule has 2 aromatic carbocycles. The first kappa shape index (κ1) is 18.5. The molecular formula is C20H15ClN2O4S. The number of rotatable bonds is 4. The number of aromatic nitrogens is 1. The van der Waals surface area contributed by atoms with Gasteiger partial charge in [-0.15, -0.1) is 0 Å². The topological polar surface area (TPSA) is 79.7 Å². The Balaban J connectivity index is 1.87. The molecule has 1 aliphatic rings. The molecule has 0 saturated heterocycles. The average Bonchev–Trinajstić information content (AvgIpc) is 3.21. The molecule has 1 atom stereocenters. The Bertz CT molecular complexity index is 1110. The van der Waals surface area contributed by atoms with Crippen molar-refractivity contribution >= 4 is 50.2 Å². The summed E-state index contributed by atoms with van der Waals surface area (Å²) in [6.45, 7) is 1.80. The van der Waals surface area contributed by atoms with Crippen LogP contribution in [0.4, 0.5) is 5.13 Å². The Morgan fingerprint density at radius 3 is 2.75 bits per heavy atom. The van der Waals surface area contributed by atoms with Crippen LogP contribution in [0.25, 0.3) is 10.2 Å². The number of amides is 1. The van der Waals surface area contributed by atoms with Gasteiger partial charge in [-0.25, -0.2) is 9.78 Å². The first-order valence-electron chi connectivity index (χ1n) is 8.56. The number of aliphatic hydroxyl groups is 1. The minimum atomic E-state index is -0.830. The van der Waals surface area contributed by atoms with Crippen LogP contribution in [0.5, 0.6) is 0 Å². The van der Waals surface area contributed by atoms with Crippen molar-refractivity contribution in [2.75, 3.05) is 11.5 Å². The summed E-state index contributed by atoms with van der Waals surface area (Å²) in [7, 11) is 0. The van der Waals surface area contributed by atoms with Gasteiger partial charge in [0.05, 0.1) is 16.8 Å². The van der Waals surface area contributed by atoms with Crippen molar-refractivity contribution in [2.24, 2.45) is 0 Å². The van der Waals surface area contributed by atoms with Crippen molar-refractivity contribution in [3.63, 3.8) is 0 Å². The second-order valence-electron chi connectivity index (χ2n) is 6.08. The zero-order valence-corrected chi connectivity index (χ0v) is 16.3. The van der Waals surface area contributed by atoms with E-state index in [1.807, 2.05) is 6.07 Å². The smallest absolute Gasteiger partial charge is 0.340 e. The summed E-state index contributed by atoms with van der Waals surface area (Å²) in [5, 5.41) is 11.4. The number of ether oxygens (including phenoxy) is 1. The van der Waals surface area contributed by atoms with E-state index in [0.29, 0.717) is 21.2 Å². The molecule has 4 rings (SSSR count). The maximum Gasteiger partial charge on any atom is 0.340 e. The highest BCUT2D eigenvalue weighted by atomic mass is 35.5. The third-order valence-electron chi connectivity index (χ3n) is 4.36. The molecule has 2 heterocycles. The Labute approximate surface area is 169 Å². The lowest BCUT2D eigenvalue weighted by Gasteiger charge is -2.24. The lowest BCUT2D eigenvalue weighted by atomic mass is 10.00. The number of benzene rings is 2. The van der Waals surface area contributed by atoms with Crippen molar-refractivity contribution in [2.45, 2.75) is 13.0 Å². The molecule has 0 aliphatic carbocycles. The number of anilines is 1. The van der Waals surface area contributed by atoms with E-state index in [1.165, 1.54) is 16.2 Å². The lowest BCUT2D eigenvalue weighted by molar-refractivity contribution is -0.139. The van der Waals surface area contributed by atoms with Crippen LogP contribution in [0.1, 0.15) is 18.5 Å². The fraction of sp³-hybridized carbons (Fsp3) is 0.150. The minimum Gasteiger partial charge on any atom is -0.503 e. The summed E-state index contributed by atoms with van der Waals surface area (Å²) in [6.07, 6.45) is 0. The molecule has 0 spiro atoms. The molecule has 1 aliphatic heterocycles. The second kappa shape index (κ2) is 7.26. The predicted octanol–water partition coefficient (Wildman–Crippen LogP) is 4.41. The summed E-state index contributed by atoms with van der Waals surface area (Å²) in [5.74, 6) is -2.04. The molecule has 0 bridgehead atoms. The molecule has 3 aromatic rings. The zero-order chi connectivity index (χ0) is 19.8. The number of halogens is 1. The van der Waals surface area contributed by atoms with Crippen molar-refractivity contribution in [3.05, 3.63) is 70.4 Å². The van der Waals surface area contributed by atoms with Gasteiger partial charge >= 0.3 is 5.97 Å². The predicted molar refractivity (Wildman–Crippen MR) is 108 cm³/mol. The standard InChI is InChI=1S/C20H15ClN2O4S/c1-2-27-19(26)15-16(11-6-4-3-5-7-11)23(18(25)17(15)24)20-22-13-9-8-12(21)10-14(13)28-20/h3-10,16,24H,2H2,1H3. The van der Waals surface area contributed by atoms with Gasteiger partial charge < -0.3 is 9.84 Å². The van der Waals surface area contributed by atoms with Gasteiger partial charge in [-0.3, -0.25) is 9.69 Å². The van der Waals surface area contributed by atoms with E-state index < -0.39 is 23.7 Å². The monoisotopic (exact) mass is 414 g/mol. The van der Waals surface area contributed by atoms with E-state index in [9.17, 15) is 14.7 Å². The molecule has 6 nitrogen and oxygen atoms in total. The molecule has 0 saturated carbocycles. The minimum absolute atomic E-state index is 0.0876. The highest BCUT2D eigenvalue weighted by Gasteiger charge is 2.46. The number of nitrogens with zero attached hydrogens (tertiary/aromatic N) is 2. The Morgan fingerprint density at radius 1 is 1.29 bits per heavy atom. The first-order chi connectivity index (χ1) is 13.5. The Morgan fingerprint density at radius 2 is 2.04 bits per heavy atom. The molecule has 8 heteroatoms. The van der Waals surface area contributed by atoms with Crippen LogP contribution in [0.2, 0.25) is 5.02 Å². The number of carbonyl (C=O) groups excluding carboxylic acids is 2. The molecular weight excluding hydrogens is 400 g/mol. The molecule has 0 radical (unpaired) electrons. The molecule has 0 fully saturated rings. The van der Waals surface area contributed by atoms with E-state index in [2.05, 4.69) is 4.98 Å². The van der Waals surface area contributed by atoms with Gasteiger partial charge in [-0.05, 0) is 30.7 Å². The van der Waals surface area contributed by atoms with Gasteiger partial charge in [0, 0.05) is 5.02 Å². The quantitative estimate of drug-likeness (QED) is 0.639. The SMILES string of the molecule is CCOC(=O)C1=C(O)C(=O)N(c2nc3ccc(Cl)cc3s2)C1c1ccccc1.